The minimum absolute atomic E-state index is 0.163. The van der Waals surface area contributed by atoms with Crippen LogP contribution in [-0.4, -0.2) is 26.0 Å². The van der Waals surface area contributed by atoms with Crippen molar-refractivity contribution in [2.45, 2.75) is 46.0 Å². The summed E-state index contributed by atoms with van der Waals surface area (Å²) in [4.78, 5) is 25.6. The number of anilines is 2. The maximum absolute atomic E-state index is 11.1. The zero-order chi connectivity index (χ0) is 21.1. The van der Waals surface area contributed by atoms with Crippen LogP contribution in [0.3, 0.4) is 0 Å². The number of nitrogens with one attached hydrogen (secondary N) is 1. The molecule has 0 radical (unpaired) electrons. The van der Waals surface area contributed by atoms with Gasteiger partial charge in [-0.1, -0.05) is 6.07 Å². The van der Waals surface area contributed by atoms with Crippen molar-refractivity contribution in [3.05, 3.63) is 52.9 Å². The Morgan fingerprint density at radius 2 is 1.97 bits per heavy atom. The van der Waals surface area contributed by atoms with Crippen molar-refractivity contribution < 1.29 is 9.90 Å². The number of benzene rings is 1. The highest BCUT2D eigenvalue weighted by atomic mass is 32.1. The number of aliphatic carboxylic acids is 1. The molecule has 2 aromatic heterocycles. The van der Waals surface area contributed by atoms with E-state index in [9.17, 15) is 9.90 Å². The predicted molar refractivity (Wildman–Crippen MR) is 119 cm³/mol. The first-order chi connectivity index (χ1) is 14.5. The number of hydrogen-bond acceptors (Lipinski definition) is 6. The van der Waals surface area contributed by atoms with Gasteiger partial charge in [0.1, 0.15) is 0 Å². The van der Waals surface area contributed by atoms with Crippen LogP contribution in [0.2, 0.25) is 0 Å². The zero-order valence-corrected chi connectivity index (χ0v) is 18.1. The molecule has 3 aromatic rings. The highest BCUT2D eigenvalue weighted by Crippen LogP contribution is 2.35. The van der Waals surface area contributed by atoms with E-state index in [1.165, 1.54) is 0 Å². The molecule has 1 fully saturated rings. The third-order valence-corrected chi connectivity index (χ3v) is 6.69. The Morgan fingerprint density at radius 3 is 2.70 bits per heavy atom. The molecule has 30 heavy (non-hydrogen) atoms. The Balaban J connectivity index is 1.45. The molecule has 2 heterocycles. The number of thiazole rings is 1. The van der Waals surface area contributed by atoms with Gasteiger partial charge in [-0.05, 0) is 74.8 Å². The van der Waals surface area contributed by atoms with Crippen molar-refractivity contribution in [1.82, 2.24) is 15.0 Å². The van der Waals surface area contributed by atoms with Crippen molar-refractivity contribution in [3.63, 3.8) is 0 Å². The molecule has 4 rings (SSSR count). The molecule has 0 spiro atoms. The van der Waals surface area contributed by atoms with Gasteiger partial charge in [-0.2, -0.15) is 0 Å². The van der Waals surface area contributed by atoms with Crippen molar-refractivity contribution in [2.75, 3.05) is 5.32 Å². The first-order valence-electron chi connectivity index (χ1n) is 10.3. The topological polar surface area (TPSA) is 88.0 Å². The normalized spacial score (nSPS) is 18.9. The van der Waals surface area contributed by atoms with Crippen LogP contribution in [0, 0.1) is 25.7 Å². The number of nitrogens with zero attached hydrogens (tertiary/aromatic N) is 3. The number of carboxylic acids is 1. The second-order valence-electron chi connectivity index (χ2n) is 8.11. The Hall–Kier alpha value is -2.80. The number of aromatic nitrogens is 3. The second kappa shape index (κ2) is 8.92. The van der Waals surface area contributed by atoms with Crippen molar-refractivity contribution >= 4 is 28.9 Å². The van der Waals surface area contributed by atoms with Gasteiger partial charge in [0.2, 0.25) is 5.95 Å². The molecule has 1 aromatic carbocycles. The molecule has 7 heteroatoms. The lowest BCUT2D eigenvalue weighted by atomic mass is 9.81. The molecule has 1 aliphatic carbocycles. The number of hydrogen-bond donors (Lipinski definition) is 2. The maximum atomic E-state index is 11.1. The standard InChI is InChI=1S/C23H26N4O2S/c1-14-9-18(12-19(10-14)27-23-24-8-7-15(2)26-23)20-13-25-21(30-20)11-16-3-5-17(6-4-16)22(28)29/h7-10,12-13,16-17H,3-6,11H2,1-2H3,(H,28,29)(H,24,26,27). The van der Waals surface area contributed by atoms with Gasteiger partial charge in [0.05, 0.1) is 15.8 Å². The molecule has 0 unspecified atom stereocenters. The number of carbonyl (C=O) groups is 1. The van der Waals surface area contributed by atoms with E-state index in [1.54, 1.807) is 17.5 Å². The molecule has 0 amide bonds. The minimum atomic E-state index is -0.648. The van der Waals surface area contributed by atoms with Crippen LogP contribution in [0.5, 0.6) is 0 Å². The fourth-order valence-electron chi connectivity index (χ4n) is 4.03. The zero-order valence-electron chi connectivity index (χ0n) is 17.3. The molecule has 1 saturated carbocycles. The monoisotopic (exact) mass is 422 g/mol. The molecular formula is C23H26N4O2S. The van der Waals surface area contributed by atoms with Gasteiger partial charge in [-0.15, -0.1) is 11.3 Å². The van der Waals surface area contributed by atoms with Crippen LogP contribution in [0.1, 0.15) is 41.9 Å². The fraction of sp³-hybridized carbons (Fsp3) is 0.391. The number of carboxylic acid groups (broad SMARTS) is 1. The Kier molecular flexibility index (Phi) is 6.08. The van der Waals surface area contributed by atoms with Crippen LogP contribution in [0.4, 0.5) is 11.6 Å². The van der Waals surface area contributed by atoms with E-state index in [2.05, 4.69) is 45.4 Å². The average Bonchev–Trinajstić information content (AvgIpc) is 3.16. The van der Waals surface area contributed by atoms with E-state index >= 15 is 0 Å². The Morgan fingerprint density at radius 1 is 1.17 bits per heavy atom. The van der Waals surface area contributed by atoms with E-state index in [0.717, 1.165) is 64.5 Å². The maximum Gasteiger partial charge on any atom is 0.306 e. The molecule has 156 valence electrons. The molecule has 6 nitrogen and oxygen atoms in total. The van der Waals surface area contributed by atoms with Gasteiger partial charge in [-0.25, -0.2) is 15.0 Å². The Labute approximate surface area is 180 Å². The smallest absolute Gasteiger partial charge is 0.306 e. The van der Waals surface area contributed by atoms with Crippen molar-refractivity contribution in [3.8, 4) is 10.4 Å². The predicted octanol–water partition coefficient (Wildman–Crippen LogP) is 5.39. The fourth-order valence-corrected chi connectivity index (χ4v) is 5.05. The number of rotatable bonds is 6. The third-order valence-electron chi connectivity index (χ3n) is 5.63. The van der Waals surface area contributed by atoms with E-state index in [4.69, 9.17) is 0 Å². The summed E-state index contributed by atoms with van der Waals surface area (Å²) in [5, 5.41) is 13.6. The van der Waals surface area contributed by atoms with Gasteiger partial charge in [0, 0.05) is 30.2 Å². The van der Waals surface area contributed by atoms with Gasteiger partial charge < -0.3 is 10.4 Å². The highest BCUT2D eigenvalue weighted by Gasteiger charge is 2.26. The summed E-state index contributed by atoms with van der Waals surface area (Å²) < 4.78 is 0. The summed E-state index contributed by atoms with van der Waals surface area (Å²) in [7, 11) is 0. The summed E-state index contributed by atoms with van der Waals surface area (Å²) in [6.45, 7) is 4.02. The lowest BCUT2D eigenvalue weighted by molar-refractivity contribution is -0.143. The van der Waals surface area contributed by atoms with E-state index in [-0.39, 0.29) is 5.92 Å². The molecule has 0 aliphatic heterocycles. The summed E-state index contributed by atoms with van der Waals surface area (Å²) >= 11 is 1.73. The Bertz CT molecular complexity index is 1040. The van der Waals surface area contributed by atoms with Crippen LogP contribution in [0.25, 0.3) is 10.4 Å². The quantitative estimate of drug-likeness (QED) is 0.553. The van der Waals surface area contributed by atoms with Crippen LogP contribution in [0.15, 0.2) is 36.7 Å². The van der Waals surface area contributed by atoms with Gasteiger partial charge >= 0.3 is 5.97 Å². The first kappa shape index (κ1) is 20.5. The third kappa shape index (κ3) is 5.02. The second-order valence-corrected chi connectivity index (χ2v) is 9.23. The van der Waals surface area contributed by atoms with Gasteiger partial charge in [-0.3, -0.25) is 4.79 Å². The molecule has 1 aliphatic rings. The first-order valence-corrected chi connectivity index (χ1v) is 11.1. The lowest BCUT2D eigenvalue weighted by Crippen LogP contribution is -2.22. The van der Waals surface area contributed by atoms with Gasteiger partial charge in [0.25, 0.3) is 0 Å². The average molecular weight is 423 g/mol. The molecule has 0 atom stereocenters. The molecule has 2 N–H and O–H groups in total. The summed E-state index contributed by atoms with van der Waals surface area (Å²) in [6.07, 6.45) is 8.15. The SMILES string of the molecule is Cc1cc(Nc2nccc(C)n2)cc(-c2cnc(CC3CCC(C(=O)O)CC3)s2)c1. The molecular weight excluding hydrogens is 396 g/mol. The van der Waals surface area contributed by atoms with Crippen molar-refractivity contribution in [1.29, 1.82) is 0 Å². The molecule has 0 bridgehead atoms. The molecule has 0 saturated heterocycles. The van der Waals surface area contributed by atoms with E-state index < -0.39 is 5.97 Å². The summed E-state index contributed by atoms with van der Waals surface area (Å²) in [6, 6.07) is 8.23. The van der Waals surface area contributed by atoms with Crippen LogP contribution >= 0.6 is 11.3 Å². The minimum Gasteiger partial charge on any atom is -0.481 e. The highest BCUT2D eigenvalue weighted by molar-refractivity contribution is 7.15. The van der Waals surface area contributed by atoms with Crippen molar-refractivity contribution in [2.24, 2.45) is 11.8 Å². The largest absolute Gasteiger partial charge is 0.481 e. The van der Waals surface area contributed by atoms with Crippen LogP contribution in [-0.2, 0) is 11.2 Å². The van der Waals surface area contributed by atoms with E-state index in [1.807, 2.05) is 19.2 Å². The lowest BCUT2D eigenvalue weighted by Gasteiger charge is -2.25. The van der Waals surface area contributed by atoms with Crippen LogP contribution < -0.4 is 5.32 Å². The summed E-state index contributed by atoms with van der Waals surface area (Å²) in [5.41, 5.74) is 4.16. The van der Waals surface area contributed by atoms with Gasteiger partial charge in [0.15, 0.2) is 0 Å². The number of aryl methyl sites for hydroxylation is 2. The van der Waals surface area contributed by atoms with E-state index in [0.29, 0.717) is 11.9 Å². The summed E-state index contributed by atoms with van der Waals surface area (Å²) in [5.74, 6) is 0.315.